The van der Waals surface area contributed by atoms with Gasteiger partial charge in [0.25, 0.3) is 5.91 Å². The Morgan fingerprint density at radius 1 is 1.15 bits per heavy atom. The molecule has 0 spiro atoms. The summed E-state index contributed by atoms with van der Waals surface area (Å²) < 4.78 is 1.89. The monoisotopic (exact) mass is 394 g/mol. The number of benzene rings is 1. The lowest BCUT2D eigenvalue weighted by Crippen LogP contribution is -2.48. The molecule has 1 aliphatic rings. The first-order valence-electron chi connectivity index (χ1n) is 8.90. The molecule has 0 saturated carbocycles. The second-order valence-electron chi connectivity index (χ2n) is 6.67. The van der Waals surface area contributed by atoms with E-state index < -0.39 is 0 Å². The number of carbonyl (C=O) groups is 1. The molecule has 140 valence electrons. The van der Waals surface area contributed by atoms with E-state index >= 15 is 0 Å². The summed E-state index contributed by atoms with van der Waals surface area (Å²) in [5, 5.41) is 5.80. The number of hydrogen-bond acceptors (Lipinski definition) is 3. The van der Waals surface area contributed by atoms with Crippen molar-refractivity contribution in [3.63, 3.8) is 0 Å². The van der Waals surface area contributed by atoms with Crippen LogP contribution in [-0.4, -0.2) is 51.7 Å². The van der Waals surface area contributed by atoms with Crippen LogP contribution in [0.3, 0.4) is 0 Å². The van der Waals surface area contributed by atoms with Crippen molar-refractivity contribution in [2.75, 3.05) is 26.2 Å². The Bertz CT molecular complexity index is 810. The summed E-state index contributed by atoms with van der Waals surface area (Å²) in [6.45, 7) is 10.5. The number of hydrogen-bond donors (Lipinski definition) is 0. The van der Waals surface area contributed by atoms with Gasteiger partial charge in [-0.2, -0.15) is 5.10 Å². The van der Waals surface area contributed by atoms with E-state index in [1.807, 2.05) is 42.5 Å². The maximum absolute atomic E-state index is 12.9. The number of rotatable bonds is 4. The van der Waals surface area contributed by atoms with Crippen LogP contribution in [0.2, 0.25) is 10.0 Å². The fourth-order valence-corrected chi connectivity index (χ4v) is 3.94. The second kappa shape index (κ2) is 7.99. The molecule has 1 saturated heterocycles. The van der Waals surface area contributed by atoms with Crippen LogP contribution in [0.5, 0.6) is 0 Å². The molecular formula is C19H24Cl2N4O. The molecular weight excluding hydrogens is 371 g/mol. The minimum Gasteiger partial charge on any atom is -0.336 e. The van der Waals surface area contributed by atoms with Crippen LogP contribution in [-0.2, 0) is 13.1 Å². The lowest BCUT2D eigenvalue weighted by molar-refractivity contribution is 0.0627. The Hall–Kier alpha value is -1.56. The van der Waals surface area contributed by atoms with E-state index in [4.69, 9.17) is 23.2 Å². The average Bonchev–Trinajstić information content (AvgIpc) is 2.91. The van der Waals surface area contributed by atoms with Crippen LogP contribution in [0.1, 0.15) is 34.2 Å². The van der Waals surface area contributed by atoms with Crippen molar-refractivity contribution in [3.05, 3.63) is 50.8 Å². The second-order valence-corrected chi connectivity index (χ2v) is 7.51. The van der Waals surface area contributed by atoms with Crippen molar-refractivity contribution in [3.8, 4) is 0 Å². The summed E-state index contributed by atoms with van der Waals surface area (Å²) in [5.41, 5.74) is 3.57. The van der Waals surface area contributed by atoms with E-state index in [1.165, 1.54) is 0 Å². The SMILES string of the molecule is CCn1nc(C)c(C(=O)N2CCN(Cc3ccc(Cl)cc3Cl)CC2)c1C. The summed E-state index contributed by atoms with van der Waals surface area (Å²) in [5.74, 6) is 0.0869. The molecule has 3 rings (SSSR count). The van der Waals surface area contributed by atoms with Crippen molar-refractivity contribution in [2.24, 2.45) is 0 Å². The molecule has 0 atom stereocenters. The van der Waals surface area contributed by atoms with Crippen LogP contribution in [0.25, 0.3) is 0 Å². The van der Waals surface area contributed by atoms with Crippen LogP contribution >= 0.6 is 23.2 Å². The van der Waals surface area contributed by atoms with E-state index in [0.29, 0.717) is 23.1 Å². The van der Waals surface area contributed by atoms with Crippen LogP contribution in [0, 0.1) is 13.8 Å². The lowest BCUT2D eigenvalue weighted by Gasteiger charge is -2.35. The van der Waals surface area contributed by atoms with Gasteiger partial charge in [0, 0.05) is 55.0 Å². The molecule has 26 heavy (non-hydrogen) atoms. The van der Waals surface area contributed by atoms with E-state index in [9.17, 15) is 4.79 Å². The van der Waals surface area contributed by atoms with Crippen LogP contribution < -0.4 is 0 Å². The number of carbonyl (C=O) groups excluding carboxylic acids is 1. The van der Waals surface area contributed by atoms with Crippen LogP contribution in [0.4, 0.5) is 0 Å². The molecule has 1 aromatic carbocycles. The smallest absolute Gasteiger partial charge is 0.257 e. The Labute approximate surface area is 164 Å². The van der Waals surface area contributed by atoms with Crippen molar-refractivity contribution in [2.45, 2.75) is 33.9 Å². The number of amides is 1. The summed E-state index contributed by atoms with van der Waals surface area (Å²) in [6.07, 6.45) is 0. The topological polar surface area (TPSA) is 41.4 Å². The van der Waals surface area contributed by atoms with Crippen molar-refractivity contribution in [1.29, 1.82) is 0 Å². The lowest BCUT2D eigenvalue weighted by atomic mass is 10.1. The summed E-state index contributed by atoms with van der Waals surface area (Å²) in [4.78, 5) is 17.2. The summed E-state index contributed by atoms with van der Waals surface area (Å²) in [6, 6.07) is 5.60. The van der Waals surface area contributed by atoms with Gasteiger partial charge in [0.2, 0.25) is 0 Å². The molecule has 1 aliphatic heterocycles. The fraction of sp³-hybridized carbons (Fsp3) is 0.474. The van der Waals surface area contributed by atoms with Gasteiger partial charge in [-0.05, 0) is 38.5 Å². The van der Waals surface area contributed by atoms with Gasteiger partial charge in [-0.25, -0.2) is 0 Å². The zero-order valence-electron chi connectivity index (χ0n) is 15.4. The first kappa shape index (κ1) is 19.2. The Morgan fingerprint density at radius 2 is 1.85 bits per heavy atom. The standard InChI is InChI=1S/C19H24Cl2N4O/c1-4-25-14(3)18(13(2)22-25)19(26)24-9-7-23(8-10-24)12-15-5-6-16(20)11-17(15)21/h5-6,11H,4,7-10,12H2,1-3H3. The molecule has 5 nitrogen and oxygen atoms in total. The number of aryl methyl sites for hydroxylation is 2. The molecule has 0 N–H and O–H groups in total. The van der Waals surface area contributed by atoms with Crippen molar-refractivity contribution in [1.82, 2.24) is 19.6 Å². The predicted octanol–water partition coefficient (Wildman–Crippen LogP) is 3.78. The predicted molar refractivity (Wildman–Crippen MR) is 105 cm³/mol. The highest BCUT2D eigenvalue weighted by Crippen LogP contribution is 2.23. The van der Waals surface area contributed by atoms with Gasteiger partial charge in [0.05, 0.1) is 11.3 Å². The molecule has 0 unspecified atom stereocenters. The van der Waals surface area contributed by atoms with Gasteiger partial charge in [-0.1, -0.05) is 29.3 Å². The molecule has 7 heteroatoms. The third-order valence-corrected chi connectivity index (χ3v) is 5.55. The first-order chi connectivity index (χ1) is 12.4. The third-order valence-electron chi connectivity index (χ3n) is 4.96. The van der Waals surface area contributed by atoms with E-state index in [-0.39, 0.29) is 5.91 Å². The number of nitrogens with zero attached hydrogens (tertiary/aromatic N) is 4. The third kappa shape index (κ3) is 3.90. The molecule has 1 aromatic heterocycles. The molecule has 1 amide bonds. The van der Waals surface area contributed by atoms with Crippen molar-refractivity contribution < 1.29 is 4.79 Å². The molecule has 0 bridgehead atoms. The molecule has 0 aliphatic carbocycles. The van der Waals surface area contributed by atoms with Crippen molar-refractivity contribution >= 4 is 29.1 Å². The van der Waals surface area contributed by atoms with Gasteiger partial charge in [-0.3, -0.25) is 14.4 Å². The molecule has 2 aromatic rings. The number of aromatic nitrogens is 2. The highest BCUT2D eigenvalue weighted by molar-refractivity contribution is 6.35. The minimum absolute atomic E-state index is 0.0869. The van der Waals surface area contributed by atoms with Gasteiger partial charge >= 0.3 is 0 Å². The Balaban J connectivity index is 1.63. The quantitative estimate of drug-likeness (QED) is 0.791. The largest absolute Gasteiger partial charge is 0.336 e. The van der Waals surface area contributed by atoms with Gasteiger partial charge < -0.3 is 4.90 Å². The maximum atomic E-state index is 12.9. The highest BCUT2D eigenvalue weighted by atomic mass is 35.5. The van der Waals surface area contributed by atoms with Gasteiger partial charge in [0.1, 0.15) is 0 Å². The maximum Gasteiger partial charge on any atom is 0.257 e. The number of piperazine rings is 1. The highest BCUT2D eigenvalue weighted by Gasteiger charge is 2.26. The average molecular weight is 395 g/mol. The van der Waals surface area contributed by atoms with Gasteiger partial charge in [-0.15, -0.1) is 0 Å². The zero-order valence-corrected chi connectivity index (χ0v) is 16.9. The van der Waals surface area contributed by atoms with E-state index in [1.54, 1.807) is 6.07 Å². The van der Waals surface area contributed by atoms with Crippen LogP contribution in [0.15, 0.2) is 18.2 Å². The normalized spacial score (nSPS) is 15.5. The number of halogens is 2. The van der Waals surface area contributed by atoms with E-state index in [2.05, 4.69) is 10.00 Å². The molecule has 0 radical (unpaired) electrons. The molecule has 2 heterocycles. The molecule has 1 fully saturated rings. The first-order valence-corrected chi connectivity index (χ1v) is 9.65. The van der Waals surface area contributed by atoms with E-state index in [0.717, 1.165) is 48.7 Å². The van der Waals surface area contributed by atoms with Gasteiger partial charge in [0.15, 0.2) is 0 Å². The summed E-state index contributed by atoms with van der Waals surface area (Å²) >= 11 is 12.2. The zero-order chi connectivity index (χ0) is 18.8. The fourth-order valence-electron chi connectivity index (χ4n) is 3.47. The summed E-state index contributed by atoms with van der Waals surface area (Å²) in [7, 11) is 0. The minimum atomic E-state index is 0.0869. The Morgan fingerprint density at radius 3 is 2.42 bits per heavy atom. The Kier molecular flexibility index (Phi) is 5.90.